The molecule has 2 aromatic heterocycles. The topological polar surface area (TPSA) is 70.1 Å². The number of hydrogen-bond acceptors (Lipinski definition) is 3. The van der Waals surface area contributed by atoms with Gasteiger partial charge >= 0.3 is 0 Å². The molecule has 1 saturated carbocycles. The SMILES string of the molecule is Cc1c[nH]c(=O)c2c(C(C)(O)NC3CCCCC3)cn(C)c12. The van der Waals surface area contributed by atoms with E-state index in [0.29, 0.717) is 17.0 Å². The Balaban J connectivity index is 2.05. The summed E-state index contributed by atoms with van der Waals surface area (Å²) in [7, 11) is 1.91. The summed E-state index contributed by atoms with van der Waals surface area (Å²) in [6, 6.07) is 0.308. The molecule has 3 N–H and O–H groups in total. The Hall–Kier alpha value is -1.59. The number of aromatic nitrogens is 2. The predicted molar refractivity (Wildman–Crippen MR) is 87.9 cm³/mol. The van der Waals surface area contributed by atoms with Crippen LogP contribution in [-0.2, 0) is 12.8 Å². The van der Waals surface area contributed by atoms with Crippen LogP contribution in [0.4, 0.5) is 0 Å². The molecule has 1 aliphatic rings. The minimum atomic E-state index is -1.21. The highest BCUT2D eigenvalue weighted by Crippen LogP contribution is 2.29. The van der Waals surface area contributed by atoms with Crippen LogP contribution in [0.1, 0.15) is 50.2 Å². The van der Waals surface area contributed by atoms with E-state index in [1.807, 2.05) is 24.7 Å². The number of aromatic amines is 1. The van der Waals surface area contributed by atoms with Gasteiger partial charge in [0.15, 0.2) is 0 Å². The number of aliphatic hydroxyl groups is 1. The number of fused-ring (bicyclic) bond motifs is 1. The Labute approximate surface area is 130 Å². The van der Waals surface area contributed by atoms with E-state index in [4.69, 9.17) is 0 Å². The lowest BCUT2D eigenvalue weighted by Crippen LogP contribution is -2.46. The molecule has 0 spiro atoms. The van der Waals surface area contributed by atoms with Crippen molar-refractivity contribution in [1.29, 1.82) is 0 Å². The van der Waals surface area contributed by atoms with E-state index in [1.54, 1.807) is 13.1 Å². The van der Waals surface area contributed by atoms with Crippen molar-refractivity contribution in [3.63, 3.8) is 0 Å². The van der Waals surface area contributed by atoms with Gasteiger partial charge in [-0.05, 0) is 32.3 Å². The summed E-state index contributed by atoms with van der Waals surface area (Å²) in [5.41, 5.74) is 1.17. The van der Waals surface area contributed by atoms with Gasteiger partial charge in [0.05, 0.1) is 10.9 Å². The van der Waals surface area contributed by atoms with Crippen molar-refractivity contribution in [2.24, 2.45) is 7.05 Å². The number of pyridine rings is 1. The average molecular weight is 303 g/mol. The van der Waals surface area contributed by atoms with Gasteiger partial charge in [-0.2, -0.15) is 0 Å². The van der Waals surface area contributed by atoms with Crippen molar-refractivity contribution in [2.45, 2.75) is 57.7 Å². The highest BCUT2D eigenvalue weighted by Gasteiger charge is 2.31. The summed E-state index contributed by atoms with van der Waals surface area (Å²) < 4.78 is 1.92. The van der Waals surface area contributed by atoms with Gasteiger partial charge in [-0.1, -0.05) is 19.3 Å². The van der Waals surface area contributed by atoms with Crippen LogP contribution in [0.5, 0.6) is 0 Å². The molecule has 2 aromatic rings. The van der Waals surface area contributed by atoms with Gasteiger partial charge in [0, 0.05) is 31.0 Å². The third-order valence-electron chi connectivity index (χ3n) is 4.82. The summed E-state index contributed by atoms with van der Waals surface area (Å²) >= 11 is 0. The standard InChI is InChI=1S/C17H25N3O2/c1-11-9-18-16(21)14-13(10-20(3)15(11)14)17(2,22)19-12-7-5-4-6-8-12/h9-10,12,19,22H,4-8H2,1-3H3,(H,18,21). The molecule has 0 aromatic carbocycles. The van der Waals surface area contributed by atoms with E-state index in [9.17, 15) is 9.90 Å². The van der Waals surface area contributed by atoms with Crippen LogP contribution in [0.2, 0.25) is 0 Å². The average Bonchev–Trinajstić information content (AvgIpc) is 2.83. The second-order valence-corrected chi connectivity index (χ2v) is 6.73. The zero-order valence-electron chi connectivity index (χ0n) is 13.6. The van der Waals surface area contributed by atoms with Gasteiger partial charge in [0.1, 0.15) is 5.72 Å². The van der Waals surface area contributed by atoms with Crippen LogP contribution in [0.3, 0.4) is 0 Å². The molecule has 5 heteroatoms. The quantitative estimate of drug-likeness (QED) is 0.762. The molecular weight excluding hydrogens is 278 g/mol. The number of nitrogens with one attached hydrogen (secondary N) is 2. The van der Waals surface area contributed by atoms with Crippen molar-refractivity contribution < 1.29 is 5.11 Å². The first-order chi connectivity index (χ1) is 10.4. The molecule has 2 heterocycles. The minimum absolute atomic E-state index is 0.151. The molecule has 1 aliphatic carbocycles. The van der Waals surface area contributed by atoms with Gasteiger partial charge in [-0.15, -0.1) is 0 Å². The number of hydrogen-bond donors (Lipinski definition) is 3. The van der Waals surface area contributed by atoms with Crippen molar-refractivity contribution in [1.82, 2.24) is 14.9 Å². The monoisotopic (exact) mass is 303 g/mol. The van der Waals surface area contributed by atoms with Gasteiger partial charge in [0.25, 0.3) is 5.56 Å². The zero-order valence-corrected chi connectivity index (χ0v) is 13.6. The number of nitrogens with zero attached hydrogens (tertiary/aromatic N) is 1. The van der Waals surface area contributed by atoms with E-state index in [0.717, 1.165) is 23.9 Å². The highest BCUT2D eigenvalue weighted by molar-refractivity contribution is 5.86. The van der Waals surface area contributed by atoms with Crippen LogP contribution in [-0.4, -0.2) is 20.7 Å². The van der Waals surface area contributed by atoms with Gasteiger partial charge in [0.2, 0.25) is 0 Å². The summed E-state index contributed by atoms with van der Waals surface area (Å²) in [6.07, 6.45) is 9.41. The fourth-order valence-electron chi connectivity index (χ4n) is 3.74. The maximum atomic E-state index is 12.3. The number of aryl methyl sites for hydroxylation is 2. The Morgan fingerprint density at radius 1 is 1.36 bits per heavy atom. The second-order valence-electron chi connectivity index (χ2n) is 6.73. The zero-order chi connectivity index (χ0) is 15.9. The molecule has 1 unspecified atom stereocenters. The van der Waals surface area contributed by atoms with E-state index < -0.39 is 5.72 Å². The van der Waals surface area contributed by atoms with Crippen molar-refractivity contribution in [3.05, 3.63) is 33.9 Å². The lowest BCUT2D eigenvalue weighted by molar-refractivity contribution is 0.00408. The Kier molecular flexibility index (Phi) is 3.87. The van der Waals surface area contributed by atoms with E-state index in [2.05, 4.69) is 10.3 Å². The minimum Gasteiger partial charge on any atom is -0.372 e. The lowest BCUT2D eigenvalue weighted by atomic mass is 9.93. The fourth-order valence-corrected chi connectivity index (χ4v) is 3.74. The lowest BCUT2D eigenvalue weighted by Gasteiger charge is -2.32. The van der Waals surface area contributed by atoms with Crippen LogP contribution < -0.4 is 10.9 Å². The molecule has 1 fully saturated rings. The normalized spacial score (nSPS) is 19.5. The summed E-state index contributed by atoms with van der Waals surface area (Å²) in [5, 5.41) is 14.9. The second kappa shape index (κ2) is 5.56. The van der Waals surface area contributed by atoms with Crippen molar-refractivity contribution in [3.8, 4) is 0 Å². The first-order valence-corrected chi connectivity index (χ1v) is 8.08. The summed E-state index contributed by atoms with van der Waals surface area (Å²) in [6.45, 7) is 3.71. The van der Waals surface area contributed by atoms with Crippen LogP contribution in [0.25, 0.3) is 10.9 Å². The highest BCUT2D eigenvalue weighted by atomic mass is 16.3. The number of rotatable bonds is 3. The molecule has 0 aliphatic heterocycles. The number of H-pyrrole nitrogens is 1. The maximum absolute atomic E-state index is 12.3. The molecule has 0 saturated heterocycles. The molecule has 0 bridgehead atoms. The van der Waals surface area contributed by atoms with Gasteiger partial charge < -0.3 is 14.7 Å². The molecule has 1 atom stereocenters. The molecule has 0 radical (unpaired) electrons. The maximum Gasteiger partial charge on any atom is 0.257 e. The van der Waals surface area contributed by atoms with Crippen LogP contribution >= 0.6 is 0 Å². The fraction of sp³-hybridized carbons (Fsp3) is 0.588. The third-order valence-corrected chi connectivity index (χ3v) is 4.82. The van der Waals surface area contributed by atoms with Gasteiger partial charge in [-0.3, -0.25) is 10.1 Å². The summed E-state index contributed by atoms with van der Waals surface area (Å²) in [5.74, 6) is 0. The largest absolute Gasteiger partial charge is 0.372 e. The Bertz CT molecular complexity index is 736. The molecule has 3 rings (SSSR count). The molecule has 0 amide bonds. The van der Waals surface area contributed by atoms with E-state index in [-0.39, 0.29) is 5.56 Å². The Morgan fingerprint density at radius 2 is 2.05 bits per heavy atom. The van der Waals surface area contributed by atoms with E-state index >= 15 is 0 Å². The molecule has 22 heavy (non-hydrogen) atoms. The van der Waals surface area contributed by atoms with Crippen molar-refractivity contribution in [2.75, 3.05) is 0 Å². The molecular formula is C17H25N3O2. The van der Waals surface area contributed by atoms with Gasteiger partial charge in [-0.25, -0.2) is 0 Å². The van der Waals surface area contributed by atoms with Crippen LogP contribution in [0.15, 0.2) is 17.2 Å². The third kappa shape index (κ3) is 2.59. The van der Waals surface area contributed by atoms with Crippen molar-refractivity contribution >= 4 is 10.9 Å². The first kappa shape index (κ1) is 15.3. The first-order valence-electron chi connectivity index (χ1n) is 8.08. The predicted octanol–water partition coefficient (Wildman–Crippen LogP) is 2.26. The summed E-state index contributed by atoms with van der Waals surface area (Å²) in [4.78, 5) is 15.1. The smallest absolute Gasteiger partial charge is 0.257 e. The van der Waals surface area contributed by atoms with E-state index in [1.165, 1.54) is 19.3 Å². The molecule has 5 nitrogen and oxygen atoms in total. The Morgan fingerprint density at radius 3 is 2.73 bits per heavy atom. The molecule has 120 valence electrons. The van der Waals surface area contributed by atoms with Crippen LogP contribution in [0, 0.1) is 6.92 Å².